The first-order chi connectivity index (χ1) is 7.85. The maximum atomic E-state index is 5.47. The Labute approximate surface area is 95.3 Å². The molecule has 1 aromatic carbocycles. The van der Waals surface area contributed by atoms with Gasteiger partial charge in [0, 0.05) is 0 Å². The van der Waals surface area contributed by atoms with Crippen molar-refractivity contribution in [1.82, 2.24) is 0 Å². The van der Waals surface area contributed by atoms with Crippen molar-refractivity contribution in [2.24, 2.45) is 5.73 Å². The number of nitrogens with two attached hydrogens (primary N) is 1. The van der Waals surface area contributed by atoms with Crippen LogP contribution in [-0.2, 0) is 6.42 Å². The Kier molecular flexibility index (Phi) is 3.51. The molecule has 0 fully saturated rings. The van der Waals surface area contributed by atoms with Crippen molar-refractivity contribution < 1.29 is 14.2 Å². The summed E-state index contributed by atoms with van der Waals surface area (Å²) in [5, 5.41) is 0. The van der Waals surface area contributed by atoms with Gasteiger partial charge in [-0.25, -0.2) is 0 Å². The van der Waals surface area contributed by atoms with Crippen molar-refractivity contribution in [3.05, 3.63) is 17.7 Å². The van der Waals surface area contributed by atoms with E-state index in [4.69, 9.17) is 19.9 Å². The van der Waals surface area contributed by atoms with E-state index in [2.05, 4.69) is 0 Å². The third-order valence-corrected chi connectivity index (χ3v) is 2.64. The molecule has 1 heterocycles. The highest BCUT2D eigenvalue weighted by Crippen LogP contribution is 2.41. The zero-order chi connectivity index (χ0) is 11.4. The Bertz CT molecular complexity index is 366. The van der Waals surface area contributed by atoms with Crippen molar-refractivity contribution in [3.8, 4) is 17.2 Å². The van der Waals surface area contributed by atoms with Crippen LogP contribution in [0, 0.1) is 0 Å². The van der Waals surface area contributed by atoms with Gasteiger partial charge >= 0.3 is 0 Å². The van der Waals surface area contributed by atoms with Crippen LogP contribution in [0.25, 0.3) is 0 Å². The van der Waals surface area contributed by atoms with Gasteiger partial charge in [0.2, 0.25) is 12.5 Å². The van der Waals surface area contributed by atoms with E-state index in [0.29, 0.717) is 5.75 Å². The lowest BCUT2D eigenvalue weighted by Crippen LogP contribution is -1.99. The summed E-state index contributed by atoms with van der Waals surface area (Å²) in [6, 6.07) is 4.02. The lowest BCUT2D eigenvalue weighted by atomic mass is 10.1. The van der Waals surface area contributed by atoms with Gasteiger partial charge in [-0.3, -0.25) is 0 Å². The second-order valence-corrected chi connectivity index (χ2v) is 3.78. The molecule has 0 saturated carbocycles. The molecule has 0 aliphatic carbocycles. The second-order valence-electron chi connectivity index (χ2n) is 3.78. The highest BCUT2D eigenvalue weighted by Gasteiger charge is 2.19. The largest absolute Gasteiger partial charge is 0.493 e. The van der Waals surface area contributed by atoms with Gasteiger partial charge in [0.05, 0.1) is 7.11 Å². The minimum Gasteiger partial charge on any atom is -0.493 e. The topological polar surface area (TPSA) is 53.7 Å². The first-order valence-electron chi connectivity index (χ1n) is 5.51. The molecular weight excluding hydrogens is 206 g/mol. The van der Waals surface area contributed by atoms with Crippen LogP contribution in [0.5, 0.6) is 17.2 Å². The summed E-state index contributed by atoms with van der Waals surface area (Å²) < 4.78 is 16.0. The number of aryl methyl sites for hydroxylation is 1. The van der Waals surface area contributed by atoms with E-state index in [1.165, 1.54) is 5.56 Å². The van der Waals surface area contributed by atoms with Gasteiger partial charge in [0.1, 0.15) is 0 Å². The van der Waals surface area contributed by atoms with E-state index in [0.717, 1.165) is 37.3 Å². The lowest BCUT2D eigenvalue weighted by Gasteiger charge is -2.07. The van der Waals surface area contributed by atoms with E-state index < -0.39 is 0 Å². The quantitative estimate of drug-likeness (QED) is 0.772. The van der Waals surface area contributed by atoms with Gasteiger partial charge in [-0.1, -0.05) is 0 Å². The molecule has 16 heavy (non-hydrogen) atoms. The summed E-state index contributed by atoms with van der Waals surface area (Å²) >= 11 is 0. The monoisotopic (exact) mass is 223 g/mol. The molecule has 1 aliphatic rings. The molecule has 2 N–H and O–H groups in total. The molecule has 1 aliphatic heterocycles. The molecule has 0 spiro atoms. The Hall–Kier alpha value is -1.42. The first-order valence-corrected chi connectivity index (χ1v) is 5.51. The number of hydrogen-bond acceptors (Lipinski definition) is 4. The van der Waals surface area contributed by atoms with Gasteiger partial charge < -0.3 is 19.9 Å². The van der Waals surface area contributed by atoms with Crippen molar-refractivity contribution >= 4 is 0 Å². The average molecular weight is 223 g/mol. The minimum atomic E-state index is 0.276. The summed E-state index contributed by atoms with van der Waals surface area (Å²) in [6.45, 7) is 1.01. The predicted octanol–water partition coefficient (Wildman–Crippen LogP) is 1.71. The van der Waals surface area contributed by atoms with Crippen molar-refractivity contribution in [3.63, 3.8) is 0 Å². The summed E-state index contributed by atoms with van der Waals surface area (Å²) in [6.07, 6.45) is 3.11. The zero-order valence-corrected chi connectivity index (χ0v) is 9.49. The number of benzene rings is 1. The molecule has 2 rings (SSSR count). The molecular formula is C12H17NO3. The Morgan fingerprint density at radius 1 is 1.31 bits per heavy atom. The first kappa shape index (κ1) is 11.1. The number of ether oxygens (including phenoxy) is 3. The molecule has 0 radical (unpaired) electrons. The second kappa shape index (κ2) is 5.07. The van der Waals surface area contributed by atoms with Gasteiger partial charge in [-0.15, -0.1) is 0 Å². The van der Waals surface area contributed by atoms with Crippen molar-refractivity contribution in [2.45, 2.75) is 19.3 Å². The SMILES string of the molecule is COc1cc(CCCCN)cc2c1OCO2. The third kappa shape index (κ3) is 2.22. The highest BCUT2D eigenvalue weighted by molar-refractivity contribution is 5.55. The fourth-order valence-electron chi connectivity index (χ4n) is 1.80. The molecule has 0 aromatic heterocycles. The Morgan fingerprint density at radius 3 is 2.94 bits per heavy atom. The van der Waals surface area contributed by atoms with E-state index in [1.807, 2.05) is 12.1 Å². The fraction of sp³-hybridized carbons (Fsp3) is 0.500. The van der Waals surface area contributed by atoms with Crippen LogP contribution in [0.15, 0.2) is 12.1 Å². The summed E-state index contributed by atoms with van der Waals surface area (Å²) in [5.41, 5.74) is 6.67. The number of unbranched alkanes of at least 4 members (excludes halogenated alkanes) is 1. The molecule has 0 amide bonds. The molecule has 88 valence electrons. The summed E-state index contributed by atoms with van der Waals surface area (Å²) in [7, 11) is 1.64. The predicted molar refractivity (Wildman–Crippen MR) is 61.1 cm³/mol. The smallest absolute Gasteiger partial charge is 0.231 e. The standard InChI is InChI=1S/C12H17NO3/c1-14-10-6-9(4-2-3-5-13)7-11-12(10)16-8-15-11/h6-7H,2-5,8,13H2,1H3. The van der Waals surface area contributed by atoms with E-state index in [-0.39, 0.29) is 6.79 Å². The maximum absolute atomic E-state index is 5.47. The van der Waals surface area contributed by atoms with E-state index >= 15 is 0 Å². The number of methoxy groups -OCH3 is 1. The minimum absolute atomic E-state index is 0.276. The van der Waals surface area contributed by atoms with Crippen LogP contribution in [0.2, 0.25) is 0 Å². The van der Waals surface area contributed by atoms with Crippen LogP contribution in [-0.4, -0.2) is 20.4 Å². The molecule has 4 heteroatoms. The molecule has 0 bridgehead atoms. The van der Waals surface area contributed by atoms with Gasteiger partial charge in [-0.2, -0.15) is 0 Å². The van der Waals surface area contributed by atoms with Crippen molar-refractivity contribution in [2.75, 3.05) is 20.4 Å². The van der Waals surface area contributed by atoms with Gasteiger partial charge in [0.15, 0.2) is 11.5 Å². The summed E-state index contributed by atoms with van der Waals surface area (Å²) in [4.78, 5) is 0. The van der Waals surface area contributed by atoms with Gasteiger partial charge in [-0.05, 0) is 43.5 Å². The van der Waals surface area contributed by atoms with Crippen LogP contribution in [0.3, 0.4) is 0 Å². The normalized spacial score (nSPS) is 12.9. The zero-order valence-electron chi connectivity index (χ0n) is 9.49. The summed E-state index contributed by atoms with van der Waals surface area (Å²) in [5.74, 6) is 2.24. The van der Waals surface area contributed by atoms with E-state index in [1.54, 1.807) is 7.11 Å². The van der Waals surface area contributed by atoms with Crippen molar-refractivity contribution in [1.29, 1.82) is 0 Å². The molecule has 0 unspecified atom stereocenters. The molecule has 1 aromatic rings. The van der Waals surface area contributed by atoms with Crippen LogP contribution in [0.1, 0.15) is 18.4 Å². The Morgan fingerprint density at radius 2 is 2.19 bits per heavy atom. The molecule has 4 nitrogen and oxygen atoms in total. The fourth-order valence-corrected chi connectivity index (χ4v) is 1.80. The van der Waals surface area contributed by atoms with Crippen LogP contribution < -0.4 is 19.9 Å². The maximum Gasteiger partial charge on any atom is 0.231 e. The van der Waals surface area contributed by atoms with E-state index in [9.17, 15) is 0 Å². The van der Waals surface area contributed by atoms with Crippen LogP contribution >= 0.6 is 0 Å². The molecule has 0 saturated heterocycles. The highest BCUT2D eigenvalue weighted by atomic mass is 16.7. The Balaban J connectivity index is 2.14. The van der Waals surface area contributed by atoms with Gasteiger partial charge in [0.25, 0.3) is 0 Å². The molecule has 0 atom stereocenters. The number of rotatable bonds is 5. The number of hydrogen-bond donors (Lipinski definition) is 1. The number of fused-ring (bicyclic) bond motifs is 1. The average Bonchev–Trinajstić information content (AvgIpc) is 2.76. The third-order valence-electron chi connectivity index (χ3n) is 2.64. The van der Waals surface area contributed by atoms with Crippen LogP contribution in [0.4, 0.5) is 0 Å². The lowest BCUT2D eigenvalue weighted by molar-refractivity contribution is 0.171.